The molecule has 2 saturated heterocycles. The van der Waals surface area contributed by atoms with Gasteiger partial charge in [0.2, 0.25) is 5.91 Å². The van der Waals surface area contributed by atoms with Gasteiger partial charge >= 0.3 is 0 Å². The third-order valence-corrected chi connectivity index (χ3v) is 4.54. The smallest absolute Gasteiger partial charge is 0.224 e. The largest absolute Gasteiger partial charge is 0.378 e. The Hall–Kier alpha value is -0.650. The molecule has 5 nitrogen and oxygen atoms in total. The van der Waals surface area contributed by atoms with Crippen molar-refractivity contribution in [3.05, 3.63) is 0 Å². The van der Waals surface area contributed by atoms with E-state index < -0.39 is 0 Å². The molecule has 0 aromatic rings. The Balaban J connectivity index is 1.60. The van der Waals surface area contributed by atoms with Crippen LogP contribution in [0.25, 0.3) is 0 Å². The SMILES string of the molecule is CN(CC1CCCN1C)C(=O)CCOC1CCNCC1. The van der Waals surface area contributed by atoms with Crippen LogP contribution in [-0.4, -0.2) is 74.7 Å². The maximum atomic E-state index is 12.1. The molecule has 2 aliphatic heterocycles. The van der Waals surface area contributed by atoms with Gasteiger partial charge in [-0.2, -0.15) is 0 Å². The van der Waals surface area contributed by atoms with Gasteiger partial charge in [-0.1, -0.05) is 0 Å². The summed E-state index contributed by atoms with van der Waals surface area (Å²) in [6, 6.07) is 0.536. The zero-order valence-electron chi connectivity index (χ0n) is 12.9. The quantitative estimate of drug-likeness (QED) is 0.779. The summed E-state index contributed by atoms with van der Waals surface area (Å²) in [5, 5.41) is 3.32. The van der Waals surface area contributed by atoms with Crippen LogP contribution in [0.1, 0.15) is 32.1 Å². The Kier molecular flexibility index (Phi) is 6.26. The summed E-state index contributed by atoms with van der Waals surface area (Å²) >= 11 is 0. The number of carbonyl (C=O) groups excluding carboxylic acids is 1. The van der Waals surface area contributed by atoms with Crippen LogP contribution in [-0.2, 0) is 9.53 Å². The number of piperidine rings is 1. The fourth-order valence-corrected chi connectivity index (χ4v) is 3.09. The maximum absolute atomic E-state index is 12.1. The lowest BCUT2D eigenvalue weighted by atomic mass is 10.1. The fourth-order valence-electron chi connectivity index (χ4n) is 3.09. The Morgan fingerprint density at radius 3 is 2.75 bits per heavy atom. The first-order chi connectivity index (χ1) is 9.66. The standard InChI is InChI=1S/C15H29N3O2/c1-17-10-3-4-13(17)12-18(2)15(19)7-11-20-14-5-8-16-9-6-14/h13-14,16H,3-12H2,1-2H3. The van der Waals surface area contributed by atoms with Gasteiger partial charge in [-0.15, -0.1) is 0 Å². The number of likely N-dealkylation sites (N-methyl/N-ethyl adjacent to an activating group) is 2. The van der Waals surface area contributed by atoms with Gasteiger partial charge in [-0.3, -0.25) is 4.79 Å². The van der Waals surface area contributed by atoms with Crippen LogP contribution in [0.4, 0.5) is 0 Å². The van der Waals surface area contributed by atoms with Crippen molar-refractivity contribution in [2.75, 3.05) is 46.9 Å². The summed E-state index contributed by atoms with van der Waals surface area (Å²) in [5.74, 6) is 0.208. The van der Waals surface area contributed by atoms with Crippen LogP contribution in [0.15, 0.2) is 0 Å². The highest BCUT2D eigenvalue weighted by Crippen LogP contribution is 2.15. The van der Waals surface area contributed by atoms with E-state index in [0.29, 0.717) is 25.2 Å². The number of hydrogen-bond donors (Lipinski definition) is 1. The Morgan fingerprint density at radius 1 is 1.35 bits per heavy atom. The van der Waals surface area contributed by atoms with Gasteiger partial charge in [0.1, 0.15) is 0 Å². The maximum Gasteiger partial charge on any atom is 0.224 e. The predicted molar refractivity (Wildman–Crippen MR) is 79.7 cm³/mol. The van der Waals surface area contributed by atoms with Gasteiger partial charge in [-0.25, -0.2) is 0 Å². The first kappa shape index (κ1) is 15.7. The van der Waals surface area contributed by atoms with Crippen molar-refractivity contribution >= 4 is 5.91 Å². The molecule has 20 heavy (non-hydrogen) atoms. The predicted octanol–water partition coefficient (Wildman–Crippen LogP) is 0.698. The van der Waals surface area contributed by atoms with E-state index in [0.717, 1.165) is 39.0 Å². The van der Waals surface area contributed by atoms with E-state index in [9.17, 15) is 4.79 Å². The van der Waals surface area contributed by atoms with E-state index in [1.54, 1.807) is 0 Å². The van der Waals surface area contributed by atoms with Crippen LogP contribution in [0.2, 0.25) is 0 Å². The van der Waals surface area contributed by atoms with Crippen molar-refractivity contribution in [3.63, 3.8) is 0 Å². The number of rotatable bonds is 6. The van der Waals surface area contributed by atoms with Crippen molar-refractivity contribution < 1.29 is 9.53 Å². The number of hydrogen-bond acceptors (Lipinski definition) is 4. The number of likely N-dealkylation sites (tertiary alicyclic amines) is 1. The molecule has 1 atom stereocenters. The molecular weight excluding hydrogens is 254 g/mol. The highest BCUT2D eigenvalue weighted by atomic mass is 16.5. The van der Waals surface area contributed by atoms with Crippen LogP contribution in [0, 0.1) is 0 Å². The molecule has 2 fully saturated rings. The van der Waals surface area contributed by atoms with Crippen LogP contribution in [0.5, 0.6) is 0 Å². The summed E-state index contributed by atoms with van der Waals surface area (Å²) in [6.45, 7) is 4.64. The molecule has 5 heteroatoms. The van der Waals surface area contributed by atoms with E-state index >= 15 is 0 Å². The van der Waals surface area contributed by atoms with Gasteiger partial charge in [0.05, 0.1) is 19.1 Å². The second-order valence-electron chi connectivity index (χ2n) is 6.12. The van der Waals surface area contributed by atoms with Gasteiger partial charge in [0.15, 0.2) is 0 Å². The Labute approximate surface area is 122 Å². The molecule has 0 bridgehead atoms. The van der Waals surface area contributed by atoms with E-state index in [2.05, 4.69) is 17.3 Å². The van der Waals surface area contributed by atoms with Crippen molar-refractivity contribution in [3.8, 4) is 0 Å². The molecule has 0 aromatic carbocycles. The highest BCUT2D eigenvalue weighted by molar-refractivity contribution is 5.76. The molecule has 0 aromatic heterocycles. The van der Waals surface area contributed by atoms with Crippen molar-refractivity contribution in [2.45, 2.75) is 44.2 Å². The fraction of sp³-hybridized carbons (Fsp3) is 0.933. The summed E-state index contributed by atoms with van der Waals surface area (Å²) in [7, 11) is 4.06. The molecule has 0 radical (unpaired) electrons. The number of amides is 1. The van der Waals surface area contributed by atoms with E-state index in [-0.39, 0.29) is 5.91 Å². The Morgan fingerprint density at radius 2 is 2.10 bits per heavy atom. The van der Waals surface area contributed by atoms with Gasteiger partial charge < -0.3 is 19.9 Å². The Bertz CT molecular complexity index is 305. The minimum absolute atomic E-state index is 0.208. The first-order valence-corrected chi connectivity index (χ1v) is 7.93. The molecular formula is C15H29N3O2. The monoisotopic (exact) mass is 283 g/mol. The second kappa shape index (κ2) is 7.96. The molecule has 116 valence electrons. The molecule has 2 heterocycles. The highest BCUT2D eigenvalue weighted by Gasteiger charge is 2.23. The summed E-state index contributed by atoms with van der Waals surface area (Å²) < 4.78 is 5.80. The van der Waals surface area contributed by atoms with Crippen LogP contribution < -0.4 is 5.32 Å². The lowest BCUT2D eigenvalue weighted by Gasteiger charge is -2.26. The molecule has 1 unspecified atom stereocenters. The van der Waals surface area contributed by atoms with Crippen molar-refractivity contribution in [1.82, 2.24) is 15.1 Å². The zero-order chi connectivity index (χ0) is 14.4. The average molecular weight is 283 g/mol. The second-order valence-corrected chi connectivity index (χ2v) is 6.12. The van der Waals surface area contributed by atoms with Gasteiger partial charge in [0.25, 0.3) is 0 Å². The zero-order valence-corrected chi connectivity index (χ0v) is 12.9. The summed E-state index contributed by atoms with van der Waals surface area (Å²) in [5.41, 5.74) is 0. The summed E-state index contributed by atoms with van der Waals surface area (Å²) in [6.07, 6.45) is 5.45. The molecule has 2 aliphatic rings. The van der Waals surface area contributed by atoms with Gasteiger partial charge in [0, 0.05) is 19.6 Å². The van der Waals surface area contributed by atoms with E-state index in [1.807, 2.05) is 11.9 Å². The van der Waals surface area contributed by atoms with Crippen molar-refractivity contribution in [2.24, 2.45) is 0 Å². The molecule has 0 saturated carbocycles. The van der Waals surface area contributed by atoms with Crippen LogP contribution in [0.3, 0.4) is 0 Å². The first-order valence-electron chi connectivity index (χ1n) is 7.93. The molecule has 0 aliphatic carbocycles. The molecule has 0 spiro atoms. The normalized spacial score (nSPS) is 25.0. The minimum Gasteiger partial charge on any atom is -0.378 e. The third-order valence-electron chi connectivity index (χ3n) is 4.54. The molecule has 1 amide bonds. The molecule has 1 N–H and O–H groups in total. The number of nitrogens with zero attached hydrogens (tertiary/aromatic N) is 2. The number of carbonyl (C=O) groups is 1. The average Bonchev–Trinajstić information content (AvgIpc) is 2.85. The minimum atomic E-state index is 0.208. The lowest BCUT2D eigenvalue weighted by Crippen LogP contribution is -2.40. The van der Waals surface area contributed by atoms with Crippen LogP contribution >= 0.6 is 0 Å². The topological polar surface area (TPSA) is 44.8 Å². The summed E-state index contributed by atoms with van der Waals surface area (Å²) in [4.78, 5) is 16.3. The number of nitrogens with one attached hydrogen (secondary N) is 1. The van der Waals surface area contributed by atoms with E-state index in [1.165, 1.54) is 12.8 Å². The van der Waals surface area contributed by atoms with Crippen molar-refractivity contribution in [1.29, 1.82) is 0 Å². The lowest BCUT2D eigenvalue weighted by molar-refractivity contribution is -0.132. The number of ether oxygens (including phenoxy) is 1. The molecule has 2 rings (SSSR count). The third kappa shape index (κ3) is 4.72. The van der Waals surface area contributed by atoms with E-state index in [4.69, 9.17) is 4.74 Å². The van der Waals surface area contributed by atoms with Gasteiger partial charge in [-0.05, 0) is 52.4 Å².